The number of amides is 1. The van der Waals surface area contributed by atoms with Crippen molar-refractivity contribution in [2.75, 3.05) is 20.8 Å². The van der Waals surface area contributed by atoms with Gasteiger partial charge in [0.1, 0.15) is 4.32 Å². The molecule has 0 saturated carbocycles. The van der Waals surface area contributed by atoms with Crippen LogP contribution in [-0.2, 0) is 9.59 Å². The molecule has 31 heavy (non-hydrogen) atoms. The third-order valence-corrected chi connectivity index (χ3v) is 6.49. The van der Waals surface area contributed by atoms with E-state index in [1.165, 1.54) is 11.8 Å². The summed E-state index contributed by atoms with van der Waals surface area (Å²) < 4.78 is 11.4. The maximum Gasteiger partial charge on any atom is 0.303 e. The number of rotatable bonds is 14. The molecule has 170 valence electrons. The molecule has 1 N–H and O–H groups in total. The van der Waals surface area contributed by atoms with Crippen molar-refractivity contribution in [2.45, 2.75) is 57.8 Å². The molecule has 0 radical (unpaired) electrons. The number of hydrogen-bond acceptors (Lipinski definition) is 6. The molecule has 0 unspecified atom stereocenters. The molecular formula is C23H31NO5S2. The second-order valence-electron chi connectivity index (χ2n) is 7.39. The number of ether oxygens (including phenoxy) is 2. The summed E-state index contributed by atoms with van der Waals surface area (Å²) in [7, 11) is 3.16. The van der Waals surface area contributed by atoms with E-state index in [0.717, 1.165) is 56.9 Å². The lowest BCUT2D eigenvalue weighted by molar-refractivity contribution is -0.137. The molecule has 1 aliphatic heterocycles. The molecular weight excluding hydrogens is 434 g/mol. The molecule has 0 bridgehead atoms. The number of benzene rings is 1. The summed E-state index contributed by atoms with van der Waals surface area (Å²) in [6.45, 7) is 0.635. The highest BCUT2D eigenvalue weighted by molar-refractivity contribution is 8.26. The van der Waals surface area contributed by atoms with E-state index in [0.29, 0.717) is 27.3 Å². The molecule has 8 heteroatoms. The van der Waals surface area contributed by atoms with Crippen molar-refractivity contribution in [2.24, 2.45) is 0 Å². The second-order valence-corrected chi connectivity index (χ2v) is 9.06. The van der Waals surface area contributed by atoms with Gasteiger partial charge in [-0.25, -0.2) is 0 Å². The van der Waals surface area contributed by atoms with Gasteiger partial charge in [0.25, 0.3) is 5.91 Å². The summed E-state index contributed by atoms with van der Waals surface area (Å²) in [6.07, 6.45) is 10.3. The number of para-hydroxylation sites is 1. The van der Waals surface area contributed by atoms with Gasteiger partial charge in [0.15, 0.2) is 11.5 Å². The van der Waals surface area contributed by atoms with Crippen LogP contribution in [0.1, 0.15) is 63.4 Å². The Kier molecular flexibility index (Phi) is 10.9. The Morgan fingerprint density at radius 1 is 1.06 bits per heavy atom. The Morgan fingerprint density at radius 3 is 2.32 bits per heavy atom. The maximum absolute atomic E-state index is 12.8. The van der Waals surface area contributed by atoms with Gasteiger partial charge < -0.3 is 14.6 Å². The lowest BCUT2D eigenvalue weighted by atomic mass is 10.1. The third-order valence-electron chi connectivity index (χ3n) is 5.12. The van der Waals surface area contributed by atoms with Crippen molar-refractivity contribution < 1.29 is 24.2 Å². The minimum absolute atomic E-state index is 0.0571. The lowest BCUT2D eigenvalue weighted by Crippen LogP contribution is -2.29. The molecule has 1 heterocycles. The smallest absolute Gasteiger partial charge is 0.303 e. The number of thiocarbonyl (C=S) groups is 1. The van der Waals surface area contributed by atoms with Gasteiger partial charge in [0, 0.05) is 18.5 Å². The first-order chi connectivity index (χ1) is 15.0. The highest BCUT2D eigenvalue weighted by Crippen LogP contribution is 2.37. The van der Waals surface area contributed by atoms with Crippen molar-refractivity contribution in [1.82, 2.24) is 4.90 Å². The zero-order chi connectivity index (χ0) is 22.6. The van der Waals surface area contributed by atoms with Gasteiger partial charge in [-0.15, -0.1) is 0 Å². The number of thioether (sulfide) groups is 1. The Labute approximate surface area is 194 Å². The van der Waals surface area contributed by atoms with Gasteiger partial charge in [0.2, 0.25) is 0 Å². The van der Waals surface area contributed by atoms with Crippen molar-refractivity contribution in [3.63, 3.8) is 0 Å². The summed E-state index contributed by atoms with van der Waals surface area (Å²) in [5.74, 6) is 0.443. The number of carboxylic acids is 1. The summed E-state index contributed by atoms with van der Waals surface area (Å²) in [6, 6.07) is 5.56. The van der Waals surface area contributed by atoms with Gasteiger partial charge in [-0.05, 0) is 25.0 Å². The molecule has 1 amide bonds. The first-order valence-corrected chi connectivity index (χ1v) is 11.9. The van der Waals surface area contributed by atoms with Crippen LogP contribution in [0.2, 0.25) is 0 Å². The fourth-order valence-electron chi connectivity index (χ4n) is 3.47. The number of unbranched alkanes of at least 4 members (excludes halogenated alkanes) is 7. The molecule has 1 saturated heterocycles. The summed E-state index contributed by atoms with van der Waals surface area (Å²) in [5.41, 5.74) is 0.783. The van der Waals surface area contributed by atoms with E-state index in [1.54, 1.807) is 19.1 Å². The Balaban J connectivity index is 1.76. The van der Waals surface area contributed by atoms with Crippen molar-refractivity contribution >= 4 is 46.3 Å². The minimum atomic E-state index is -0.715. The predicted octanol–water partition coefficient (Wildman–Crippen LogP) is 5.50. The number of nitrogens with zero attached hydrogens (tertiary/aromatic N) is 1. The quantitative estimate of drug-likeness (QED) is 0.221. The molecule has 1 fully saturated rings. The first-order valence-electron chi connectivity index (χ1n) is 10.7. The molecule has 0 atom stereocenters. The van der Waals surface area contributed by atoms with Crippen molar-refractivity contribution in [1.29, 1.82) is 0 Å². The van der Waals surface area contributed by atoms with Crippen LogP contribution in [0.5, 0.6) is 11.5 Å². The van der Waals surface area contributed by atoms with Crippen LogP contribution >= 0.6 is 24.0 Å². The van der Waals surface area contributed by atoms with Crippen LogP contribution in [0, 0.1) is 0 Å². The van der Waals surface area contributed by atoms with Crippen LogP contribution in [0.3, 0.4) is 0 Å². The normalized spacial score (nSPS) is 15.0. The van der Waals surface area contributed by atoms with Crippen LogP contribution < -0.4 is 9.47 Å². The Morgan fingerprint density at radius 2 is 1.71 bits per heavy atom. The first kappa shape index (κ1) is 25.2. The molecule has 0 spiro atoms. The Bertz CT molecular complexity index is 809. The van der Waals surface area contributed by atoms with Gasteiger partial charge in [0.05, 0.1) is 19.1 Å². The van der Waals surface area contributed by atoms with Gasteiger partial charge in [-0.3, -0.25) is 14.5 Å². The van der Waals surface area contributed by atoms with Crippen molar-refractivity contribution in [3.05, 3.63) is 28.7 Å². The fraction of sp³-hybridized carbons (Fsp3) is 0.522. The number of aliphatic carboxylic acids is 1. The molecule has 0 aromatic heterocycles. The van der Waals surface area contributed by atoms with E-state index in [2.05, 4.69) is 0 Å². The number of hydrogen-bond donors (Lipinski definition) is 1. The standard InChI is InChI=1S/C23H31NO5S2/c1-28-18-13-11-12-17(21(18)29-2)16-19-22(27)24(23(30)31-19)15-10-8-6-4-3-5-7-9-14-20(25)26/h11-13,16H,3-10,14-15H2,1-2H3,(H,25,26). The SMILES string of the molecule is COc1cccc(C=C2SC(=S)N(CCCCCCCCCCC(=O)O)C2=O)c1OC. The highest BCUT2D eigenvalue weighted by atomic mass is 32.2. The van der Waals surface area contributed by atoms with E-state index < -0.39 is 5.97 Å². The summed E-state index contributed by atoms with van der Waals surface area (Å²) in [4.78, 5) is 25.6. The zero-order valence-electron chi connectivity index (χ0n) is 18.2. The van der Waals surface area contributed by atoms with E-state index in [4.69, 9.17) is 26.8 Å². The van der Waals surface area contributed by atoms with Crippen LogP contribution in [0.4, 0.5) is 0 Å². The van der Waals surface area contributed by atoms with E-state index in [1.807, 2.05) is 24.3 Å². The zero-order valence-corrected chi connectivity index (χ0v) is 19.9. The van der Waals surface area contributed by atoms with Gasteiger partial charge >= 0.3 is 5.97 Å². The monoisotopic (exact) mass is 465 g/mol. The van der Waals surface area contributed by atoms with Crippen LogP contribution in [0.15, 0.2) is 23.1 Å². The molecule has 1 aromatic rings. The summed E-state index contributed by atoms with van der Waals surface area (Å²) in [5, 5.41) is 8.62. The number of carbonyl (C=O) groups excluding carboxylic acids is 1. The van der Waals surface area contributed by atoms with Gasteiger partial charge in [-0.2, -0.15) is 0 Å². The van der Waals surface area contributed by atoms with Crippen LogP contribution in [-0.4, -0.2) is 47.0 Å². The second kappa shape index (κ2) is 13.4. The Hall–Kier alpha value is -2.06. The minimum Gasteiger partial charge on any atom is -0.493 e. The molecule has 2 rings (SSSR count). The fourth-order valence-corrected chi connectivity index (χ4v) is 4.77. The largest absolute Gasteiger partial charge is 0.493 e. The molecule has 0 aliphatic carbocycles. The lowest BCUT2D eigenvalue weighted by Gasteiger charge is -2.14. The number of carbonyl (C=O) groups is 2. The van der Waals surface area contributed by atoms with E-state index >= 15 is 0 Å². The maximum atomic E-state index is 12.8. The predicted molar refractivity (Wildman–Crippen MR) is 129 cm³/mol. The third kappa shape index (κ3) is 7.85. The average molecular weight is 466 g/mol. The van der Waals surface area contributed by atoms with Crippen LogP contribution in [0.25, 0.3) is 6.08 Å². The molecule has 1 aliphatic rings. The van der Waals surface area contributed by atoms with E-state index in [9.17, 15) is 9.59 Å². The van der Waals surface area contributed by atoms with E-state index in [-0.39, 0.29) is 12.3 Å². The number of carboxylic acid groups (broad SMARTS) is 1. The summed E-state index contributed by atoms with van der Waals surface area (Å²) >= 11 is 6.75. The number of methoxy groups -OCH3 is 2. The van der Waals surface area contributed by atoms with Crippen molar-refractivity contribution in [3.8, 4) is 11.5 Å². The highest BCUT2D eigenvalue weighted by Gasteiger charge is 2.31. The molecule has 6 nitrogen and oxygen atoms in total. The topological polar surface area (TPSA) is 76.1 Å². The molecule has 1 aromatic carbocycles. The van der Waals surface area contributed by atoms with Gasteiger partial charge in [-0.1, -0.05) is 74.6 Å². The average Bonchev–Trinajstić information content (AvgIpc) is 3.01.